The van der Waals surface area contributed by atoms with Crippen molar-refractivity contribution < 1.29 is 14.3 Å². The Hall–Kier alpha value is -2.73. The normalized spacial score (nSPS) is 10.8. The number of carbonyl (C=O) groups excluding carboxylic acids is 1. The van der Waals surface area contributed by atoms with Crippen LogP contribution in [-0.2, 0) is 12.8 Å². The lowest BCUT2D eigenvalue weighted by atomic mass is 10.1. The number of benzene rings is 1. The fraction of sp³-hybridized carbons (Fsp3) is 0.300. The molecule has 0 aliphatic heterocycles. The highest BCUT2D eigenvalue weighted by atomic mass is 35.5. The van der Waals surface area contributed by atoms with Crippen LogP contribution in [-0.4, -0.2) is 36.1 Å². The number of fused-ring (bicyclic) bond motifs is 1. The number of pyridine rings is 1. The van der Waals surface area contributed by atoms with Crippen LogP contribution in [0.3, 0.4) is 0 Å². The molecule has 0 saturated carbocycles. The van der Waals surface area contributed by atoms with E-state index in [1.165, 1.54) is 0 Å². The second-order valence-electron chi connectivity index (χ2n) is 6.03. The highest BCUT2D eigenvalue weighted by Crippen LogP contribution is 2.27. The molecule has 0 saturated heterocycles. The molecule has 27 heavy (non-hydrogen) atoms. The van der Waals surface area contributed by atoms with Crippen LogP contribution in [0.5, 0.6) is 11.5 Å². The number of imidazole rings is 1. The van der Waals surface area contributed by atoms with Crippen LogP contribution < -0.4 is 14.8 Å². The smallest absolute Gasteiger partial charge is 0.270 e. The van der Waals surface area contributed by atoms with Gasteiger partial charge >= 0.3 is 0 Å². The maximum absolute atomic E-state index is 12.7. The van der Waals surface area contributed by atoms with Crippen molar-refractivity contribution in [2.24, 2.45) is 0 Å². The van der Waals surface area contributed by atoms with Gasteiger partial charge in [-0.2, -0.15) is 0 Å². The summed E-state index contributed by atoms with van der Waals surface area (Å²) in [6, 6.07) is 9.23. The average Bonchev–Trinajstić information content (AvgIpc) is 3.05. The zero-order valence-corrected chi connectivity index (χ0v) is 16.3. The zero-order valence-electron chi connectivity index (χ0n) is 15.6. The van der Waals surface area contributed by atoms with Gasteiger partial charge in [0.15, 0.2) is 11.5 Å². The monoisotopic (exact) mass is 387 g/mol. The summed E-state index contributed by atoms with van der Waals surface area (Å²) in [7, 11) is 3.21. The quantitative estimate of drug-likeness (QED) is 0.673. The van der Waals surface area contributed by atoms with Gasteiger partial charge in [0.1, 0.15) is 11.3 Å². The molecule has 0 atom stereocenters. The lowest BCUT2D eigenvalue weighted by Crippen LogP contribution is -2.27. The number of nitrogens with one attached hydrogen (secondary N) is 1. The highest BCUT2D eigenvalue weighted by molar-refractivity contribution is 6.30. The zero-order chi connectivity index (χ0) is 19.4. The van der Waals surface area contributed by atoms with Crippen molar-refractivity contribution in [1.82, 2.24) is 14.7 Å². The molecule has 3 rings (SSSR count). The third kappa shape index (κ3) is 4.01. The summed E-state index contributed by atoms with van der Waals surface area (Å²) in [6.07, 6.45) is 3.11. The van der Waals surface area contributed by atoms with Crippen molar-refractivity contribution in [2.75, 3.05) is 20.8 Å². The molecule has 1 amide bonds. The van der Waals surface area contributed by atoms with Crippen LogP contribution in [0.1, 0.15) is 28.7 Å². The van der Waals surface area contributed by atoms with E-state index in [1.807, 2.05) is 25.1 Å². The first-order chi connectivity index (χ1) is 13.1. The number of methoxy groups -OCH3 is 2. The third-order valence-electron chi connectivity index (χ3n) is 4.36. The van der Waals surface area contributed by atoms with Gasteiger partial charge in [0.05, 0.1) is 19.9 Å². The van der Waals surface area contributed by atoms with E-state index in [0.29, 0.717) is 47.2 Å². The Kier molecular flexibility index (Phi) is 5.86. The number of hydrogen-bond donors (Lipinski definition) is 1. The Labute approximate surface area is 163 Å². The summed E-state index contributed by atoms with van der Waals surface area (Å²) in [5.74, 6) is 1.21. The van der Waals surface area contributed by atoms with E-state index in [4.69, 9.17) is 21.1 Å². The predicted molar refractivity (Wildman–Crippen MR) is 105 cm³/mol. The summed E-state index contributed by atoms with van der Waals surface area (Å²) >= 11 is 6.03. The SMILES string of the molecule is CCc1nc2cc(Cl)ccn2c1C(=O)NCCc1ccc(OC)c(OC)c1. The van der Waals surface area contributed by atoms with Crippen molar-refractivity contribution in [2.45, 2.75) is 19.8 Å². The minimum Gasteiger partial charge on any atom is -0.493 e. The van der Waals surface area contributed by atoms with Crippen LogP contribution in [0.2, 0.25) is 5.02 Å². The topological polar surface area (TPSA) is 64.9 Å². The number of hydrogen-bond acceptors (Lipinski definition) is 4. The number of ether oxygens (including phenoxy) is 2. The second kappa shape index (κ2) is 8.31. The summed E-state index contributed by atoms with van der Waals surface area (Å²) in [6.45, 7) is 2.47. The van der Waals surface area contributed by atoms with Crippen molar-refractivity contribution in [1.29, 1.82) is 0 Å². The number of halogens is 1. The lowest BCUT2D eigenvalue weighted by molar-refractivity contribution is 0.0947. The molecule has 2 aromatic heterocycles. The first-order valence-corrected chi connectivity index (χ1v) is 9.10. The Morgan fingerprint density at radius 2 is 1.96 bits per heavy atom. The van der Waals surface area contributed by atoms with E-state index in [1.54, 1.807) is 36.9 Å². The first-order valence-electron chi connectivity index (χ1n) is 8.73. The molecule has 1 N–H and O–H groups in total. The van der Waals surface area contributed by atoms with Crippen molar-refractivity contribution in [3.63, 3.8) is 0 Å². The Morgan fingerprint density at radius 1 is 1.19 bits per heavy atom. The molecular formula is C20H22ClN3O3. The number of aromatic nitrogens is 2. The van der Waals surface area contributed by atoms with Gasteiger partial charge in [-0.15, -0.1) is 0 Å². The maximum Gasteiger partial charge on any atom is 0.270 e. The number of nitrogens with zero attached hydrogens (tertiary/aromatic N) is 2. The largest absolute Gasteiger partial charge is 0.493 e. The summed E-state index contributed by atoms with van der Waals surface area (Å²) < 4.78 is 12.3. The fourth-order valence-corrected chi connectivity index (χ4v) is 3.15. The molecule has 6 nitrogen and oxygen atoms in total. The van der Waals surface area contributed by atoms with Crippen LogP contribution >= 0.6 is 11.6 Å². The number of aryl methyl sites for hydroxylation is 1. The van der Waals surface area contributed by atoms with Crippen molar-refractivity contribution in [3.05, 3.63) is 58.5 Å². The molecular weight excluding hydrogens is 366 g/mol. The van der Waals surface area contributed by atoms with Gasteiger partial charge in [-0.25, -0.2) is 4.98 Å². The number of carbonyl (C=O) groups is 1. The maximum atomic E-state index is 12.7. The summed E-state index contributed by atoms with van der Waals surface area (Å²) in [5, 5.41) is 3.57. The van der Waals surface area contributed by atoms with E-state index < -0.39 is 0 Å². The molecule has 0 spiro atoms. The van der Waals surface area contributed by atoms with Crippen LogP contribution in [0, 0.1) is 0 Å². The molecule has 0 aliphatic carbocycles. The molecule has 0 unspecified atom stereocenters. The molecule has 2 heterocycles. The summed E-state index contributed by atoms with van der Waals surface area (Å²) in [4.78, 5) is 17.3. The van der Waals surface area contributed by atoms with Gasteiger partial charge in [0, 0.05) is 23.8 Å². The Bertz CT molecular complexity index is 969. The average molecular weight is 388 g/mol. The number of amides is 1. The van der Waals surface area contributed by atoms with E-state index in [9.17, 15) is 4.79 Å². The van der Waals surface area contributed by atoms with Gasteiger partial charge < -0.3 is 14.8 Å². The highest BCUT2D eigenvalue weighted by Gasteiger charge is 2.18. The third-order valence-corrected chi connectivity index (χ3v) is 4.59. The van der Waals surface area contributed by atoms with E-state index >= 15 is 0 Å². The summed E-state index contributed by atoms with van der Waals surface area (Å²) in [5.41, 5.74) is 3.02. The molecule has 0 fully saturated rings. The second-order valence-corrected chi connectivity index (χ2v) is 6.47. The van der Waals surface area contributed by atoms with Gasteiger partial charge in [0.2, 0.25) is 0 Å². The minimum absolute atomic E-state index is 0.151. The van der Waals surface area contributed by atoms with Crippen LogP contribution in [0.25, 0.3) is 5.65 Å². The van der Waals surface area contributed by atoms with Gasteiger partial charge in [-0.3, -0.25) is 9.20 Å². The Balaban J connectivity index is 1.72. The van der Waals surface area contributed by atoms with Crippen LogP contribution in [0.15, 0.2) is 36.5 Å². The molecule has 7 heteroatoms. The molecule has 142 valence electrons. The molecule has 0 radical (unpaired) electrons. The van der Waals surface area contributed by atoms with E-state index in [2.05, 4.69) is 10.3 Å². The lowest BCUT2D eigenvalue weighted by Gasteiger charge is -2.10. The first kappa shape index (κ1) is 19.0. The molecule has 0 bridgehead atoms. The Morgan fingerprint density at radius 3 is 2.67 bits per heavy atom. The molecule has 3 aromatic rings. The van der Waals surface area contributed by atoms with Crippen molar-refractivity contribution >= 4 is 23.2 Å². The predicted octanol–water partition coefficient (Wildman–Crippen LogP) is 3.54. The van der Waals surface area contributed by atoms with Gasteiger partial charge in [0.25, 0.3) is 5.91 Å². The number of rotatable bonds is 7. The van der Waals surface area contributed by atoms with Gasteiger partial charge in [-0.1, -0.05) is 24.6 Å². The molecule has 1 aromatic carbocycles. The van der Waals surface area contributed by atoms with Gasteiger partial charge in [-0.05, 0) is 36.6 Å². The van der Waals surface area contributed by atoms with Crippen molar-refractivity contribution in [3.8, 4) is 11.5 Å². The molecule has 0 aliphatic rings. The fourth-order valence-electron chi connectivity index (χ4n) is 3.00. The minimum atomic E-state index is -0.151. The van der Waals surface area contributed by atoms with E-state index in [0.717, 1.165) is 11.3 Å². The van der Waals surface area contributed by atoms with Crippen LogP contribution in [0.4, 0.5) is 0 Å². The standard InChI is InChI=1S/C20H22ClN3O3/c1-4-15-19(24-10-8-14(21)12-18(24)23-15)20(25)22-9-7-13-5-6-16(26-2)17(11-13)27-3/h5-6,8,10-12H,4,7,9H2,1-3H3,(H,22,25). The van der Waals surface area contributed by atoms with E-state index in [-0.39, 0.29) is 5.91 Å².